The van der Waals surface area contributed by atoms with Gasteiger partial charge in [0.15, 0.2) is 0 Å². The molecule has 0 aliphatic carbocycles. The van der Waals surface area contributed by atoms with Crippen LogP contribution in [0.15, 0.2) is 18.3 Å². The van der Waals surface area contributed by atoms with Crippen LogP contribution >= 0.6 is 0 Å². The monoisotopic (exact) mass is 203 g/mol. The zero-order valence-electron chi connectivity index (χ0n) is 6.27. The van der Waals surface area contributed by atoms with Crippen LogP contribution in [0.1, 0.15) is 0 Å². The maximum atomic E-state index is 12.0. The first-order chi connectivity index (χ1) is 4.70. The van der Waals surface area contributed by atoms with E-state index in [2.05, 4.69) is 4.98 Å². The zero-order chi connectivity index (χ0) is 7.56. The van der Waals surface area contributed by atoms with Crippen molar-refractivity contribution in [3.8, 4) is 0 Å². The van der Waals surface area contributed by atoms with Crippen LogP contribution in [0.5, 0.6) is 0 Å². The molecule has 0 radical (unpaired) electrons. The maximum Gasteiger partial charge on any atom is 1.00 e. The fourth-order valence-corrected chi connectivity index (χ4v) is 0.516. The Morgan fingerprint density at radius 2 is 1.83 bits per heavy atom. The molecule has 60 valence electrons. The predicted molar refractivity (Wildman–Crippen MR) is 31.8 cm³/mol. The molecule has 0 fully saturated rings. The van der Waals surface area contributed by atoms with Gasteiger partial charge in [0.1, 0.15) is 0 Å². The van der Waals surface area contributed by atoms with E-state index >= 15 is 0 Å². The first-order valence-corrected chi connectivity index (χ1v) is 2.60. The summed E-state index contributed by atoms with van der Waals surface area (Å²) >= 11 is 0. The third-order valence-electron chi connectivity index (χ3n) is 1.00. The quantitative estimate of drug-likeness (QED) is 0.253. The van der Waals surface area contributed by atoms with Crippen LogP contribution < -0.4 is 61.6 Å². The number of rotatable bonds is 1. The van der Waals surface area contributed by atoms with Gasteiger partial charge in [-0.05, 0) is 6.07 Å². The molecule has 1 aromatic heterocycles. The van der Waals surface area contributed by atoms with Crippen LogP contribution in [0.3, 0.4) is 0 Å². The van der Waals surface area contributed by atoms with Gasteiger partial charge < -0.3 is 4.70 Å². The molecule has 0 atom stereocenters. The molecule has 0 aliphatic rings. The van der Waals surface area contributed by atoms with Crippen molar-refractivity contribution in [2.75, 3.05) is 0 Å². The fraction of sp³-hybridized carbons (Fsp3) is 0. The number of hydrogen-bond donors (Lipinski definition) is 0. The molecule has 0 bridgehead atoms. The van der Waals surface area contributed by atoms with Crippen molar-refractivity contribution in [3.05, 3.63) is 24.3 Å². The Labute approximate surface area is 110 Å². The fourth-order valence-electron chi connectivity index (χ4n) is 0.516. The van der Waals surface area contributed by atoms with E-state index in [1.807, 2.05) is 0 Å². The van der Waals surface area contributed by atoms with Crippen molar-refractivity contribution in [1.82, 2.24) is 4.98 Å². The van der Waals surface area contributed by atoms with Crippen LogP contribution in [0.4, 0.5) is 13.0 Å². The molecule has 1 nitrogen and oxygen atoms in total. The average Bonchev–Trinajstić information content (AvgIpc) is 1.88. The first-order valence-electron chi connectivity index (χ1n) is 2.60. The summed E-state index contributed by atoms with van der Waals surface area (Å²) in [5, 5.41) is 0. The van der Waals surface area contributed by atoms with Crippen molar-refractivity contribution in [3.63, 3.8) is 0 Å². The van der Waals surface area contributed by atoms with Gasteiger partial charge in [-0.25, -0.2) is 4.98 Å². The molecule has 0 N–H and O–H groups in total. The minimum atomic E-state index is -2.58. The summed E-state index contributed by atoms with van der Waals surface area (Å²) in [5.74, 6) is -0.746. The van der Waals surface area contributed by atoms with E-state index in [9.17, 15) is 13.0 Å². The van der Waals surface area contributed by atoms with Gasteiger partial charge in [0.2, 0.25) is 5.95 Å². The molecule has 1 aromatic rings. The van der Waals surface area contributed by atoms with Crippen LogP contribution in [0, 0.1) is 5.95 Å². The molecule has 0 aliphatic heterocycles. The molecule has 1 rings (SSSR count). The third kappa shape index (κ3) is 4.56. The Kier molecular flexibility index (Phi) is 8.81. The summed E-state index contributed by atoms with van der Waals surface area (Å²) in [4.78, 5) is 3.05. The molecule has 12 heavy (non-hydrogen) atoms. The number of nitrogens with zero attached hydrogens (tertiary/aromatic N) is 1. The number of halogens is 4. The first kappa shape index (κ1) is 15.1. The number of hydrogen-bond acceptors (Lipinski definition) is 1. The van der Waals surface area contributed by atoms with Crippen molar-refractivity contribution in [2.24, 2.45) is 0 Å². The van der Waals surface area contributed by atoms with Gasteiger partial charge in [-0.2, -0.15) is 4.39 Å². The van der Waals surface area contributed by atoms with E-state index in [4.69, 9.17) is 0 Å². The van der Waals surface area contributed by atoms with E-state index in [1.165, 1.54) is 0 Å². The van der Waals surface area contributed by atoms with E-state index in [1.54, 1.807) is 0 Å². The Bertz CT molecular complexity index is 217. The minimum Gasteiger partial charge on any atom is -1.00 e. The maximum absolute atomic E-state index is 12.0. The number of aromatic nitrogens is 1. The van der Waals surface area contributed by atoms with E-state index in [-0.39, 0.29) is 61.6 Å². The predicted octanol–water partition coefficient (Wildman–Crippen LogP) is -5.14. The normalized spacial score (nSPS) is 7.92. The van der Waals surface area contributed by atoms with Crippen LogP contribution in [0.2, 0.25) is 0 Å². The second-order valence-electron chi connectivity index (χ2n) is 1.71. The van der Waals surface area contributed by atoms with Gasteiger partial charge in [-0.1, -0.05) is 6.07 Å². The summed E-state index contributed by atoms with van der Waals surface area (Å²) < 4.78 is 35.5. The van der Waals surface area contributed by atoms with E-state index < -0.39 is 13.2 Å². The SMILES string of the molecule is FB(F)c1ccc(F)nc1.[F-].[K+]. The second-order valence-corrected chi connectivity index (χ2v) is 1.71. The van der Waals surface area contributed by atoms with Gasteiger partial charge in [0, 0.05) is 11.7 Å². The van der Waals surface area contributed by atoms with Crippen molar-refractivity contribution >= 4 is 12.7 Å². The molecule has 0 saturated carbocycles. The van der Waals surface area contributed by atoms with Gasteiger partial charge in [-0.15, -0.1) is 0 Å². The Balaban J connectivity index is 0. The van der Waals surface area contributed by atoms with E-state index in [0.717, 1.165) is 18.3 Å². The van der Waals surface area contributed by atoms with Gasteiger partial charge in [-0.3, -0.25) is 8.63 Å². The van der Waals surface area contributed by atoms with Gasteiger partial charge in [0.25, 0.3) is 0 Å². The average molecular weight is 203 g/mol. The van der Waals surface area contributed by atoms with Crippen LogP contribution in [-0.2, 0) is 0 Å². The topological polar surface area (TPSA) is 12.9 Å². The van der Waals surface area contributed by atoms with Crippen molar-refractivity contribution < 1.29 is 69.1 Å². The van der Waals surface area contributed by atoms with Gasteiger partial charge in [0.05, 0.1) is 0 Å². The van der Waals surface area contributed by atoms with Gasteiger partial charge >= 0.3 is 58.7 Å². The van der Waals surface area contributed by atoms with Crippen LogP contribution in [-0.4, -0.2) is 12.3 Å². The molecular formula is C5H3BF4KN. The molecule has 1 heterocycles. The Morgan fingerprint density at radius 1 is 1.25 bits per heavy atom. The van der Waals surface area contributed by atoms with Crippen LogP contribution in [0.25, 0.3) is 0 Å². The molecule has 0 saturated heterocycles. The molecule has 0 spiro atoms. The molecule has 0 aromatic carbocycles. The number of pyridine rings is 1. The summed E-state index contributed by atoms with van der Waals surface area (Å²) in [5.41, 5.74) is -0.263. The molecule has 7 heteroatoms. The third-order valence-corrected chi connectivity index (χ3v) is 1.00. The Morgan fingerprint density at radius 3 is 2.17 bits per heavy atom. The molecule has 0 unspecified atom stereocenters. The zero-order valence-corrected chi connectivity index (χ0v) is 9.39. The second kappa shape index (κ2) is 7.02. The van der Waals surface area contributed by atoms with Crippen molar-refractivity contribution in [2.45, 2.75) is 0 Å². The smallest absolute Gasteiger partial charge is 1.00 e. The standard InChI is InChI=1S/C5H3BF3N.FH.K/c7-5-2-1-4(3-10-5)6(8)9;;/h1-3H;1H;/q;;+1/p-1. The summed E-state index contributed by atoms with van der Waals surface area (Å²) in [6, 6.07) is 1.91. The van der Waals surface area contributed by atoms with E-state index in [0.29, 0.717) is 0 Å². The molecular weight excluding hydrogens is 200 g/mol. The Hall–Kier alpha value is 0.571. The summed E-state index contributed by atoms with van der Waals surface area (Å²) in [6.45, 7) is 0. The minimum absolute atomic E-state index is 0. The summed E-state index contributed by atoms with van der Waals surface area (Å²) in [6.07, 6.45) is 0.819. The summed E-state index contributed by atoms with van der Waals surface area (Å²) in [7, 11) is -2.58. The molecule has 0 amide bonds. The van der Waals surface area contributed by atoms with Crippen molar-refractivity contribution in [1.29, 1.82) is 0 Å². The largest absolute Gasteiger partial charge is 1.00 e.